The Morgan fingerprint density at radius 1 is 0.932 bits per heavy atom. The number of anilines is 1. The lowest BCUT2D eigenvalue weighted by molar-refractivity contribution is -0.144. The third-order valence-corrected chi connectivity index (χ3v) is 14.6. The monoisotopic (exact) mass is 1020 g/mol. The first-order valence-corrected chi connectivity index (χ1v) is 26.1. The lowest BCUT2D eigenvalue weighted by Crippen LogP contribution is -2.58. The number of ether oxygens (including phenoxy) is 3. The molecule has 2 fully saturated rings. The van der Waals surface area contributed by atoms with Crippen molar-refractivity contribution in [3.05, 3.63) is 122 Å². The molecular weight excluding hydrogens is 947 g/mol. The predicted molar refractivity (Wildman–Crippen MR) is 284 cm³/mol. The topological polar surface area (TPSA) is 205 Å². The molecule has 0 bridgehead atoms. The van der Waals surface area contributed by atoms with E-state index in [1.54, 1.807) is 11.3 Å². The molecule has 2 aliphatic heterocycles. The fourth-order valence-electron chi connectivity index (χ4n) is 9.63. The van der Waals surface area contributed by atoms with E-state index in [0.29, 0.717) is 43.1 Å². The van der Waals surface area contributed by atoms with Gasteiger partial charge in [0.1, 0.15) is 24.4 Å². The molecule has 4 amide bonds. The Morgan fingerprint density at radius 2 is 1.64 bits per heavy atom. The molecule has 17 heteroatoms. The maximum atomic E-state index is 14.1. The van der Waals surface area contributed by atoms with Gasteiger partial charge in [0.2, 0.25) is 17.7 Å². The van der Waals surface area contributed by atoms with Crippen LogP contribution in [-0.2, 0) is 36.9 Å². The Morgan fingerprint density at radius 3 is 2.30 bits per heavy atom. The SMILES string of the molecule is CCN(c1cc(-c2ccc(OCCCOCC(=O)NC(C(=O)N3CC(O)CC3C(=O)NCc3ccc(-c4scnc4C)cc3)C(C)(C)C)cc2)cc(C(=O)NCc2c(C)cc(C)[nH]c2=O)c1C)C1CCOCC1. The van der Waals surface area contributed by atoms with E-state index in [2.05, 4.69) is 43.8 Å². The zero-order valence-electron chi connectivity index (χ0n) is 43.4. The second-order valence-corrected chi connectivity index (χ2v) is 21.0. The highest BCUT2D eigenvalue weighted by molar-refractivity contribution is 7.13. The van der Waals surface area contributed by atoms with Crippen LogP contribution < -0.4 is 31.1 Å². The number of nitrogens with one attached hydrogen (secondary N) is 4. The number of β-amino-alcohol motifs (C(OH)–C–C–N with tert-alkyl or cyclic N) is 1. The van der Waals surface area contributed by atoms with Crippen LogP contribution in [0.4, 0.5) is 5.69 Å². The van der Waals surface area contributed by atoms with Crippen LogP contribution in [-0.4, -0.2) is 114 Å². The summed E-state index contributed by atoms with van der Waals surface area (Å²) in [6, 6.07) is 19.9. The minimum absolute atomic E-state index is 0.0251. The molecule has 7 rings (SSSR count). The number of carbonyl (C=O) groups is 4. The van der Waals surface area contributed by atoms with Gasteiger partial charge in [-0.05, 0) is 117 Å². The maximum absolute atomic E-state index is 14.1. The van der Waals surface area contributed by atoms with E-state index in [-0.39, 0.29) is 62.7 Å². The molecule has 5 aromatic rings. The smallest absolute Gasteiger partial charge is 0.253 e. The average molecular weight is 1020 g/mol. The number of aromatic nitrogens is 2. The van der Waals surface area contributed by atoms with Gasteiger partial charge in [0, 0.05) is 80.8 Å². The van der Waals surface area contributed by atoms with Crippen LogP contribution >= 0.6 is 11.3 Å². The average Bonchev–Trinajstić information content (AvgIpc) is 3.99. The minimum atomic E-state index is -0.980. The number of aryl methyl sites for hydroxylation is 3. The molecule has 0 aliphatic carbocycles. The van der Waals surface area contributed by atoms with Crippen molar-refractivity contribution in [3.63, 3.8) is 0 Å². The summed E-state index contributed by atoms with van der Waals surface area (Å²) in [7, 11) is 0. The third-order valence-electron chi connectivity index (χ3n) is 13.7. The zero-order valence-corrected chi connectivity index (χ0v) is 44.2. The Kier molecular flexibility index (Phi) is 18.3. The molecule has 4 heterocycles. The fourth-order valence-corrected chi connectivity index (χ4v) is 10.4. The summed E-state index contributed by atoms with van der Waals surface area (Å²) in [5.74, 6) is -0.923. The fraction of sp³-hybridized carbons (Fsp3) is 0.464. The van der Waals surface area contributed by atoms with Gasteiger partial charge in [-0.1, -0.05) is 57.2 Å². The van der Waals surface area contributed by atoms with Gasteiger partial charge < -0.3 is 50.1 Å². The molecule has 5 N–H and O–H groups in total. The minimum Gasteiger partial charge on any atom is -0.494 e. The van der Waals surface area contributed by atoms with Gasteiger partial charge in [0.25, 0.3) is 11.5 Å². The van der Waals surface area contributed by atoms with Crippen LogP contribution in [0.2, 0.25) is 0 Å². The van der Waals surface area contributed by atoms with Crippen LogP contribution in [0, 0.1) is 33.1 Å². The van der Waals surface area contributed by atoms with E-state index >= 15 is 0 Å². The van der Waals surface area contributed by atoms with Crippen LogP contribution in [0.3, 0.4) is 0 Å². The molecule has 0 radical (unpaired) electrons. The highest BCUT2D eigenvalue weighted by atomic mass is 32.1. The number of likely N-dealkylation sites (tertiary alicyclic amines) is 1. The van der Waals surface area contributed by atoms with Crippen molar-refractivity contribution in [2.75, 3.05) is 51.0 Å². The number of benzene rings is 3. The Bertz CT molecular complexity index is 2780. The Hall–Kier alpha value is -6.40. The molecular formula is C56H71N7O9S. The highest BCUT2D eigenvalue weighted by Crippen LogP contribution is 2.35. The summed E-state index contributed by atoms with van der Waals surface area (Å²) in [5, 5.41) is 19.4. The Balaban J connectivity index is 0.909. The molecule has 0 saturated carbocycles. The lowest BCUT2D eigenvalue weighted by atomic mass is 9.85. The van der Waals surface area contributed by atoms with Crippen LogP contribution in [0.15, 0.2) is 77.0 Å². The number of aromatic amines is 1. The molecule has 16 nitrogen and oxygen atoms in total. The number of amides is 4. The maximum Gasteiger partial charge on any atom is 0.253 e. The molecule has 0 spiro atoms. The van der Waals surface area contributed by atoms with Gasteiger partial charge in [-0.25, -0.2) is 4.98 Å². The van der Waals surface area contributed by atoms with Crippen LogP contribution in [0.5, 0.6) is 5.75 Å². The second kappa shape index (κ2) is 24.5. The van der Waals surface area contributed by atoms with Gasteiger partial charge in [-0.15, -0.1) is 11.3 Å². The molecule has 3 unspecified atom stereocenters. The highest BCUT2D eigenvalue weighted by Gasteiger charge is 2.44. The molecule has 2 aliphatic rings. The number of hydrogen-bond acceptors (Lipinski definition) is 12. The number of H-pyrrole nitrogens is 1. The molecule has 3 aromatic carbocycles. The third kappa shape index (κ3) is 13.8. The molecule has 3 atom stereocenters. The lowest BCUT2D eigenvalue weighted by Gasteiger charge is -2.37. The van der Waals surface area contributed by atoms with Gasteiger partial charge in [0.05, 0.1) is 35.4 Å². The van der Waals surface area contributed by atoms with E-state index in [4.69, 9.17) is 14.2 Å². The number of aliphatic hydroxyl groups is 1. The van der Waals surface area contributed by atoms with Crippen molar-refractivity contribution in [1.29, 1.82) is 0 Å². The number of thiazole rings is 1. The van der Waals surface area contributed by atoms with Crippen molar-refractivity contribution in [2.45, 2.75) is 118 Å². The van der Waals surface area contributed by atoms with E-state index in [9.17, 15) is 29.1 Å². The van der Waals surface area contributed by atoms with Gasteiger partial charge in [-0.3, -0.25) is 24.0 Å². The van der Waals surface area contributed by atoms with Gasteiger partial charge >= 0.3 is 0 Å². The van der Waals surface area contributed by atoms with Crippen molar-refractivity contribution in [1.82, 2.24) is 30.8 Å². The van der Waals surface area contributed by atoms with E-state index in [0.717, 1.165) is 74.7 Å². The zero-order chi connectivity index (χ0) is 52.4. The normalized spacial score (nSPS) is 16.5. The predicted octanol–water partition coefficient (Wildman–Crippen LogP) is 6.93. The van der Waals surface area contributed by atoms with E-state index in [1.165, 1.54) is 4.90 Å². The number of pyridine rings is 1. The van der Waals surface area contributed by atoms with Crippen molar-refractivity contribution >= 4 is 40.7 Å². The standard InChI is InChI=1S/C56H71N7O9S/c1-9-62(42-19-23-70-24-20-42)47-27-41(26-45(36(47)4)52(66)58-30-46-34(2)25-35(3)60-53(46)67)39-15-17-44(18-16-39)72-22-10-21-71-32-49(65)61-51(56(6,7)8)55(69)63-31-43(64)28-48(63)54(68)57-29-38-11-13-40(14-12-38)50-37(5)59-33-73-50/h11-18,25-27,33,42-43,48,51,64H,9-10,19-24,28-32H2,1-8H3,(H,57,68)(H,58,66)(H,60,67)(H,61,65). The number of nitrogens with zero attached hydrogens (tertiary/aromatic N) is 3. The number of carbonyl (C=O) groups excluding carboxylic acids is 4. The number of rotatable bonds is 20. The van der Waals surface area contributed by atoms with Crippen molar-refractivity contribution in [3.8, 4) is 27.3 Å². The largest absolute Gasteiger partial charge is 0.494 e. The first kappa shape index (κ1) is 54.4. The molecule has 2 saturated heterocycles. The molecule has 390 valence electrons. The molecule has 73 heavy (non-hydrogen) atoms. The summed E-state index contributed by atoms with van der Waals surface area (Å²) in [4.78, 5) is 79.5. The summed E-state index contributed by atoms with van der Waals surface area (Å²) in [5.41, 5.74) is 10.0. The first-order valence-electron chi connectivity index (χ1n) is 25.2. The summed E-state index contributed by atoms with van der Waals surface area (Å²) >= 11 is 1.57. The van der Waals surface area contributed by atoms with Crippen LogP contribution in [0.25, 0.3) is 21.6 Å². The first-order chi connectivity index (χ1) is 34.9. The van der Waals surface area contributed by atoms with Gasteiger partial charge in [0.15, 0.2) is 0 Å². The van der Waals surface area contributed by atoms with E-state index in [1.807, 2.05) is 115 Å². The Labute approximate surface area is 432 Å². The summed E-state index contributed by atoms with van der Waals surface area (Å²) in [6.07, 6.45) is 1.47. The van der Waals surface area contributed by atoms with Gasteiger partial charge in [-0.2, -0.15) is 0 Å². The number of hydrogen-bond donors (Lipinski definition) is 5. The summed E-state index contributed by atoms with van der Waals surface area (Å²) in [6.45, 7) is 18.0. The second-order valence-electron chi connectivity index (χ2n) is 20.1. The van der Waals surface area contributed by atoms with Crippen molar-refractivity contribution < 1.29 is 38.5 Å². The summed E-state index contributed by atoms with van der Waals surface area (Å²) < 4.78 is 17.4. The van der Waals surface area contributed by atoms with Crippen molar-refractivity contribution in [2.24, 2.45) is 5.41 Å². The molecule has 2 aromatic heterocycles. The van der Waals surface area contributed by atoms with E-state index < -0.39 is 35.4 Å². The quantitative estimate of drug-likeness (QED) is 0.0506. The number of aliphatic hydroxyl groups excluding tert-OH is 1. The van der Waals surface area contributed by atoms with Crippen LogP contribution in [0.1, 0.15) is 97.4 Å².